The highest BCUT2D eigenvalue weighted by Crippen LogP contribution is 2.33. The standard InChI is InChI=1S/C26H33N3O/c1-7-26(5,6)29-25(30)22-13-20(19-10-8-18(4)9-11-19)12-21(14-22)23-15-27-16-28-24(23)17(2)3/h8-17,25,29-30H,7H2,1-6H3. The molecule has 1 aromatic heterocycles. The summed E-state index contributed by atoms with van der Waals surface area (Å²) in [5.74, 6) is 0.275. The molecular weight excluding hydrogens is 370 g/mol. The van der Waals surface area contributed by atoms with Crippen LogP contribution in [0.1, 0.15) is 70.0 Å². The fraction of sp³-hybridized carbons (Fsp3) is 0.385. The highest BCUT2D eigenvalue weighted by atomic mass is 16.3. The number of rotatable bonds is 7. The van der Waals surface area contributed by atoms with Crippen molar-refractivity contribution in [3.05, 3.63) is 71.8 Å². The summed E-state index contributed by atoms with van der Waals surface area (Å²) in [5.41, 5.74) is 7.10. The number of aliphatic hydroxyl groups is 1. The van der Waals surface area contributed by atoms with Crippen LogP contribution in [0.25, 0.3) is 22.3 Å². The molecule has 0 amide bonds. The maximum absolute atomic E-state index is 11.0. The minimum Gasteiger partial charge on any atom is -0.374 e. The highest BCUT2D eigenvalue weighted by Gasteiger charge is 2.21. The molecule has 0 aliphatic carbocycles. The smallest absolute Gasteiger partial charge is 0.131 e. The molecule has 158 valence electrons. The molecule has 1 atom stereocenters. The number of aromatic nitrogens is 2. The topological polar surface area (TPSA) is 58.0 Å². The zero-order chi connectivity index (χ0) is 21.9. The number of hydrogen-bond acceptors (Lipinski definition) is 4. The minimum absolute atomic E-state index is 0.168. The number of benzene rings is 2. The minimum atomic E-state index is -0.767. The van der Waals surface area contributed by atoms with Gasteiger partial charge in [0.1, 0.15) is 12.6 Å². The van der Waals surface area contributed by atoms with Crippen LogP contribution in [0.15, 0.2) is 55.0 Å². The van der Waals surface area contributed by atoms with Crippen molar-refractivity contribution in [2.75, 3.05) is 0 Å². The van der Waals surface area contributed by atoms with Crippen molar-refractivity contribution in [1.82, 2.24) is 15.3 Å². The third-order valence-corrected chi connectivity index (χ3v) is 5.67. The average molecular weight is 404 g/mol. The SMILES string of the molecule is CCC(C)(C)NC(O)c1cc(-c2ccc(C)cc2)cc(-c2cncnc2C(C)C)c1. The van der Waals surface area contributed by atoms with Gasteiger partial charge in [0.15, 0.2) is 0 Å². The Balaban J connectivity index is 2.15. The largest absolute Gasteiger partial charge is 0.374 e. The second-order valence-electron chi connectivity index (χ2n) is 8.97. The molecule has 1 heterocycles. The molecule has 0 radical (unpaired) electrons. The lowest BCUT2D eigenvalue weighted by atomic mass is 9.92. The van der Waals surface area contributed by atoms with Crippen LogP contribution < -0.4 is 5.32 Å². The Kier molecular flexibility index (Phi) is 6.69. The second-order valence-corrected chi connectivity index (χ2v) is 8.97. The number of nitrogens with one attached hydrogen (secondary N) is 1. The molecule has 2 aromatic carbocycles. The molecule has 0 aliphatic rings. The fourth-order valence-corrected chi connectivity index (χ4v) is 3.45. The molecule has 2 N–H and O–H groups in total. The van der Waals surface area contributed by atoms with Crippen LogP contribution in [0.2, 0.25) is 0 Å². The number of hydrogen-bond donors (Lipinski definition) is 2. The number of aliphatic hydroxyl groups excluding tert-OH is 1. The van der Waals surface area contributed by atoms with Gasteiger partial charge < -0.3 is 5.11 Å². The molecule has 0 aliphatic heterocycles. The first-order chi connectivity index (χ1) is 14.2. The monoisotopic (exact) mass is 403 g/mol. The lowest BCUT2D eigenvalue weighted by Crippen LogP contribution is -2.41. The van der Waals surface area contributed by atoms with Crippen molar-refractivity contribution < 1.29 is 5.11 Å². The lowest BCUT2D eigenvalue weighted by Gasteiger charge is -2.29. The van der Waals surface area contributed by atoms with E-state index >= 15 is 0 Å². The Bertz CT molecular complexity index is 993. The molecule has 3 rings (SSSR count). The van der Waals surface area contributed by atoms with E-state index in [1.807, 2.05) is 12.3 Å². The first-order valence-electron chi connectivity index (χ1n) is 10.7. The summed E-state index contributed by atoms with van der Waals surface area (Å²) in [6, 6.07) is 14.7. The van der Waals surface area contributed by atoms with Crippen molar-refractivity contribution in [2.24, 2.45) is 0 Å². The van der Waals surface area contributed by atoms with Crippen LogP contribution in [0, 0.1) is 6.92 Å². The molecule has 0 bridgehead atoms. The van der Waals surface area contributed by atoms with Gasteiger partial charge in [0, 0.05) is 17.3 Å². The van der Waals surface area contributed by atoms with Crippen LogP contribution in [0.5, 0.6) is 0 Å². The molecule has 4 nitrogen and oxygen atoms in total. The first kappa shape index (κ1) is 22.1. The Labute approximate surface area is 180 Å². The third-order valence-electron chi connectivity index (χ3n) is 5.67. The first-order valence-corrected chi connectivity index (χ1v) is 10.7. The van der Waals surface area contributed by atoms with Crippen molar-refractivity contribution in [1.29, 1.82) is 0 Å². The average Bonchev–Trinajstić information content (AvgIpc) is 2.73. The fourth-order valence-electron chi connectivity index (χ4n) is 3.45. The highest BCUT2D eigenvalue weighted by molar-refractivity contribution is 5.75. The zero-order valence-corrected chi connectivity index (χ0v) is 18.9. The van der Waals surface area contributed by atoms with Crippen molar-refractivity contribution >= 4 is 0 Å². The summed E-state index contributed by atoms with van der Waals surface area (Å²) in [6.07, 6.45) is 3.62. The van der Waals surface area contributed by atoms with Gasteiger partial charge in [0.2, 0.25) is 0 Å². The molecule has 0 saturated carbocycles. The van der Waals surface area contributed by atoms with Gasteiger partial charge in [0.05, 0.1) is 5.69 Å². The van der Waals surface area contributed by atoms with Crippen LogP contribution in [0.4, 0.5) is 0 Å². The van der Waals surface area contributed by atoms with Gasteiger partial charge in [-0.05, 0) is 73.6 Å². The molecule has 4 heteroatoms. The van der Waals surface area contributed by atoms with E-state index in [0.29, 0.717) is 0 Å². The third kappa shape index (κ3) is 5.13. The van der Waals surface area contributed by atoms with Crippen molar-refractivity contribution in [3.63, 3.8) is 0 Å². The summed E-state index contributed by atoms with van der Waals surface area (Å²) >= 11 is 0. The van der Waals surface area contributed by atoms with Crippen LogP contribution in [-0.2, 0) is 0 Å². The number of aryl methyl sites for hydroxylation is 1. The molecule has 1 unspecified atom stereocenters. The maximum atomic E-state index is 11.0. The van der Waals surface area contributed by atoms with E-state index in [4.69, 9.17) is 0 Å². The van der Waals surface area contributed by atoms with Gasteiger partial charge in [-0.2, -0.15) is 0 Å². The molecule has 30 heavy (non-hydrogen) atoms. The van der Waals surface area contributed by atoms with Crippen LogP contribution in [0.3, 0.4) is 0 Å². The van der Waals surface area contributed by atoms with Crippen molar-refractivity contribution in [2.45, 2.75) is 65.6 Å². The Hall–Kier alpha value is -2.56. The van der Waals surface area contributed by atoms with E-state index in [0.717, 1.165) is 39.9 Å². The van der Waals surface area contributed by atoms with E-state index < -0.39 is 6.23 Å². The Morgan fingerprint density at radius 2 is 1.67 bits per heavy atom. The summed E-state index contributed by atoms with van der Waals surface area (Å²) in [6.45, 7) is 12.7. The van der Waals surface area contributed by atoms with E-state index in [1.165, 1.54) is 5.56 Å². The normalized spacial score (nSPS) is 12.9. The molecule has 3 aromatic rings. The van der Waals surface area contributed by atoms with Crippen molar-refractivity contribution in [3.8, 4) is 22.3 Å². The second kappa shape index (κ2) is 9.07. The van der Waals surface area contributed by atoms with E-state index in [2.05, 4.69) is 93.2 Å². The summed E-state index contributed by atoms with van der Waals surface area (Å²) in [4.78, 5) is 8.80. The summed E-state index contributed by atoms with van der Waals surface area (Å²) in [5, 5.41) is 14.4. The zero-order valence-electron chi connectivity index (χ0n) is 18.9. The molecule has 0 spiro atoms. The lowest BCUT2D eigenvalue weighted by molar-refractivity contribution is 0.1000. The summed E-state index contributed by atoms with van der Waals surface area (Å²) < 4.78 is 0. The predicted octanol–water partition coefficient (Wildman–Crippen LogP) is 6.01. The molecular formula is C26H33N3O. The van der Waals surface area contributed by atoms with E-state index in [9.17, 15) is 5.11 Å². The van der Waals surface area contributed by atoms with Gasteiger partial charge in [-0.1, -0.05) is 50.6 Å². The molecule has 0 fully saturated rings. The van der Waals surface area contributed by atoms with Gasteiger partial charge in [-0.25, -0.2) is 9.97 Å². The van der Waals surface area contributed by atoms with Gasteiger partial charge in [0.25, 0.3) is 0 Å². The molecule has 0 saturated heterocycles. The number of nitrogens with zero attached hydrogens (tertiary/aromatic N) is 2. The van der Waals surface area contributed by atoms with Gasteiger partial charge in [-0.3, -0.25) is 5.32 Å². The van der Waals surface area contributed by atoms with Crippen LogP contribution in [-0.4, -0.2) is 20.6 Å². The summed E-state index contributed by atoms with van der Waals surface area (Å²) in [7, 11) is 0. The van der Waals surface area contributed by atoms with E-state index in [1.54, 1.807) is 6.33 Å². The van der Waals surface area contributed by atoms with Gasteiger partial charge >= 0.3 is 0 Å². The van der Waals surface area contributed by atoms with Crippen LogP contribution >= 0.6 is 0 Å². The quantitative estimate of drug-likeness (QED) is 0.474. The Morgan fingerprint density at radius 3 is 2.30 bits per heavy atom. The maximum Gasteiger partial charge on any atom is 0.131 e. The predicted molar refractivity (Wildman–Crippen MR) is 124 cm³/mol. The van der Waals surface area contributed by atoms with E-state index in [-0.39, 0.29) is 11.5 Å². The Morgan fingerprint density at radius 1 is 1.00 bits per heavy atom. The van der Waals surface area contributed by atoms with Gasteiger partial charge in [-0.15, -0.1) is 0 Å².